The van der Waals surface area contributed by atoms with Gasteiger partial charge in [-0.25, -0.2) is 8.78 Å². The molecule has 0 bridgehead atoms. The summed E-state index contributed by atoms with van der Waals surface area (Å²) in [7, 11) is 0. The van der Waals surface area contributed by atoms with Crippen molar-refractivity contribution in [3.63, 3.8) is 0 Å². The molecule has 0 aliphatic carbocycles. The highest BCUT2D eigenvalue weighted by Crippen LogP contribution is 2.25. The number of anilines is 1. The summed E-state index contributed by atoms with van der Waals surface area (Å²) in [5.41, 5.74) is 5.92. The number of hydrogen-bond donors (Lipinski definition) is 2. The molecule has 2 nitrogen and oxygen atoms in total. The smallest absolute Gasteiger partial charge is 0.324 e. The normalized spacial score (nSPS) is 11.7. The molecule has 100 valence electrons. The Morgan fingerprint density at radius 2 is 2.06 bits per heavy atom. The third kappa shape index (κ3) is 3.71. The van der Waals surface area contributed by atoms with Crippen LogP contribution in [0.1, 0.15) is 5.56 Å². The van der Waals surface area contributed by atoms with Crippen molar-refractivity contribution >= 4 is 34.5 Å². The first kappa shape index (κ1) is 15.0. The second kappa shape index (κ2) is 5.71. The van der Waals surface area contributed by atoms with Crippen LogP contribution in [-0.4, -0.2) is 23.9 Å². The molecule has 0 unspecified atom stereocenters. The molecule has 0 aromatic heterocycles. The molecule has 1 aromatic carbocycles. The highest BCUT2D eigenvalue weighted by Gasteiger charge is 2.40. The largest absolute Gasteiger partial charge is 0.389 e. The fourth-order valence-electron chi connectivity index (χ4n) is 1.12. The van der Waals surface area contributed by atoms with Crippen LogP contribution in [0.25, 0.3) is 0 Å². The van der Waals surface area contributed by atoms with Crippen molar-refractivity contribution < 1.29 is 17.6 Å². The van der Waals surface area contributed by atoms with Gasteiger partial charge < -0.3 is 11.1 Å². The molecule has 18 heavy (non-hydrogen) atoms. The molecule has 1 aromatic rings. The number of nitrogens with two attached hydrogens (primary N) is 1. The van der Waals surface area contributed by atoms with Crippen LogP contribution in [0.4, 0.5) is 23.2 Å². The molecule has 0 atom stereocenters. The molecule has 3 N–H and O–H groups in total. The second-order valence-electron chi connectivity index (χ2n) is 3.47. The Morgan fingerprint density at radius 1 is 1.44 bits per heavy atom. The summed E-state index contributed by atoms with van der Waals surface area (Å²) in [6.07, 6.45) is -3.73. The quantitative estimate of drug-likeness (QED) is 0.647. The van der Waals surface area contributed by atoms with Crippen LogP contribution in [0.3, 0.4) is 0 Å². The van der Waals surface area contributed by atoms with E-state index in [0.717, 1.165) is 0 Å². The van der Waals surface area contributed by atoms with E-state index in [2.05, 4.69) is 5.32 Å². The minimum absolute atomic E-state index is 0.0597. The van der Waals surface area contributed by atoms with Gasteiger partial charge in [-0.05, 0) is 18.2 Å². The molecule has 0 radical (unpaired) electrons. The van der Waals surface area contributed by atoms with E-state index in [1.165, 1.54) is 18.2 Å². The van der Waals surface area contributed by atoms with E-state index in [1.54, 1.807) is 0 Å². The molecule has 0 saturated carbocycles. The predicted octanol–water partition coefficient (Wildman–Crippen LogP) is 3.29. The second-order valence-corrected chi connectivity index (χ2v) is 4.32. The van der Waals surface area contributed by atoms with Gasteiger partial charge in [0.1, 0.15) is 4.99 Å². The lowest BCUT2D eigenvalue weighted by molar-refractivity contribution is -0.117. The van der Waals surface area contributed by atoms with Crippen LogP contribution in [-0.2, 0) is 0 Å². The average molecular weight is 301 g/mol. The van der Waals surface area contributed by atoms with Crippen LogP contribution in [0.15, 0.2) is 18.2 Å². The summed E-state index contributed by atoms with van der Waals surface area (Å²) in [6, 6.07) is 4.09. The van der Waals surface area contributed by atoms with Crippen LogP contribution in [0.2, 0.25) is 5.02 Å². The third-order valence-corrected chi connectivity index (χ3v) is 2.61. The van der Waals surface area contributed by atoms with Gasteiger partial charge in [0.2, 0.25) is 0 Å². The van der Waals surface area contributed by atoms with Gasteiger partial charge in [-0.1, -0.05) is 23.8 Å². The fraction of sp³-hybridized carbons (Fsp3) is 0.300. The Bertz CT molecular complexity index is 454. The topological polar surface area (TPSA) is 38.0 Å². The molecule has 0 aliphatic rings. The first-order valence-electron chi connectivity index (χ1n) is 4.73. The van der Waals surface area contributed by atoms with Crippen molar-refractivity contribution in [3.8, 4) is 0 Å². The van der Waals surface area contributed by atoms with Crippen LogP contribution < -0.4 is 11.1 Å². The minimum Gasteiger partial charge on any atom is -0.389 e. The Kier molecular flexibility index (Phi) is 4.75. The molecule has 0 saturated heterocycles. The lowest BCUT2D eigenvalue weighted by Crippen LogP contribution is -2.34. The fourth-order valence-corrected chi connectivity index (χ4v) is 1.64. The zero-order valence-corrected chi connectivity index (χ0v) is 10.5. The van der Waals surface area contributed by atoms with E-state index in [-0.39, 0.29) is 15.7 Å². The van der Waals surface area contributed by atoms with Crippen molar-refractivity contribution in [2.75, 3.05) is 11.9 Å². The van der Waals surface area contributed by atoms with Crippen molar-refractivity contribution in [1.29, 1.82) is 0 Å². The lowest BCUT2D eigenvalue weighted by Gasteiger charge is -2.17. The maximum absolute atomic E-state index is 12.7. The van der Waals surface area contributed by atoms with Crippen LogP contribution >= 0.6 is 23.8 Å². The van der Waals surface area contributed by atoms with E-state index in [4.69, 9.17) is 29.6 Å². The Hall–Kier alpha value is -1.08. The van der Waals surface area contributed by atoms with Gasteiger partial charge >= 0.3 is 12.3 Å². The van der Waals surface area contributed by atoms with Gasteiger partial charge in [-0.2, -0.15) is 8.78 Å². The molecule has 1 rings (SSSR count). The summed E-state index contributed by atoms with van der Waals surface area (Å²) in [6.45, 7) is -1.19. The zero-order valence-electron chi connectivity index (χ0n) is 8.89. The van der Waals surface area contributed by atoms with Crippen molar-refractivity contribution in [1.82, 2.24) is 0 Å². The summed E-state index contributed by atoms with van der Waals surface area (Å²) >= 11 is 10.5. The van der Waals surface area contributed by atoms with E-state index >= 15 is 0 Å². The average Bonchev–Trinajstić information content (AvgIpc) is 2.25. The first-order chi connectivity index (χ1) is 8.24. The molecule has 0 spiro atoms. The molecule has 0 aliphatic heterocycles. The standard InChI is InChI=1S/C10H9ClF4N2S/c11-7-3-5(1-2-6(7)8(16)18)17-4-10(14,15)9(12)13/h1-3,9,17H,4H2,(H2,16,18). The highest BCUT2D eigenvalue weighted by atomic mass is 35.5. The van der Waals surface area contributed by atoms with E-state index in [9.17, 15) is 17.6 Å². The number of thiocarbonyl (C=S) groups is 1. The number of alkyl halides is 4. The van der Waals surface area contributed by atoms with E-state index < -0.39 is 18.9 Å². The van der Waals surface area contributed by atoms with Crippen LogP contribution in [0.5, 0.6) is 0 Å². The SMILES string of the molecule is NC(=S)c1ccc(NCC(F)(F)C(F)F)cc1Cl. The van der Waals surface area contributed by atoms with Gasteiger partial charge in [0.15, 0.2) is 0 Å². The Labute approximate surface area is 111 Å². The number of nitrogens with one attached hydrogen (secondary N) is 1. The van der Waals surface area contributed by atoms with Crippen LogP contribution in [0, 0.1) is 0 Å². The Balaban J connectivity index is 2.76. The maximum Gasteiger partial charge on any atom is 0.324 e. The van der Waals surface area contributed by atoms with Crippen molar-refractivity contribution in [2.45, 2.75) is 12.3 Å². The van der Waals surface area contributed by atoms with Gasteiger partial charge in [0.05, 0.1) is 11.6 Å². The van der Waals surface area contributed by atoms with Crippen molar-refractivity contribution in [2.24, 2.45) is 5.73 Å². The summed E-state index contributed by atoms with van der Waals surface area (Å²) < 4.78 is 49.1. The predicted molar refractivity (Wildman–Crippen MR) is 66.8 cm³/mol. The number of benzene rings is 1. The minimum atomic E-state index is -4.10. The Morgan fingerprint density at radius 3 is 2.50 bits per heavy atom. The van der Waals surface area contributed by atoms with Gasteiger partial charge in [-0.15, -0.1) is 0 Å². The highest BCUT2D eigenvalue weighted by molar-refractivity contribution is 7.80. The van der Waals surface area contributed by atoms with E-state index in [0.29, 0.717) is 5.56 Å². The summed E-state index contributed by atoms with van der Waals surface area (Å²) in [4.78, 5) is 0.0597. The number of hydrogen-bond acceptors (Lipinski definition) is 2. The summed E-state index contributed by atoms with van der Waals surface area (Å²) in [5, 5.41) is 2.33. The molecular weight excluding hydrogens is 292 g/mol. The monoisotopic (exact) mass is 300 g/mol. The molecule has 0 fully saturated rings. The van der Waals surface area contributed by atoms with Gasteiger partial charge in [0.25, 0.3) is 0 Å². The lowest BCUT2D eigenvalue weighted by atomic mass is 10.2. The summed E-state index contributed by atoms with van der Waals surface area (Å²) in [5.74, 6) is -4.10. The molecule has 0 amide bonds. The number of halogens is 5. The molecule has 8 heteroatoms. The van der Waals surface area contributed by atoms with Gasteiger partial charge in [-0.3, -0.25) is 0 Å². The van der Waals surface area contributed by atoms with E-state index in [1.807, 2.05) is 0 Å². The number of rotatable bonds is 5. The maximum atomic E-state index is 12.7. The first-order valence-corrected chi connectivity index (χ1v) is 5.52. The van der Waals surface area contributed by atoms with Gasteiger partial charge in [0, 0.05) is 11.3 Å². The van der Waals surface area contributed by atoms with Crippen molar-refractivity contribution in [3.05, 3.63) is 28.8 Å². The molecule has 0 heterocycles. The third-order valence-electron chi connectivity index (χ3n) is 2.08. The molecular formula is C10H9ClF4N2S. The zero-order chi connectivity index (χ0) is 13.9.